The van der Waals surface area contributed by atoms with Crippen molar-refractivity contribution in [3.8, 4) is 23.0 Å². The van der Waals surface area contributed by atoms with E-state index in [9.17, 15) is 24.5 Å². The van der Waals surface area contributed by atoms with Gasteiger partial charge in [-0.3, -0.25) is 19.7 Å². The van der Waals surface area contributed by atoms with E-state index in [1.54, 1.807) is 12.1 Å². The van der Waals surface area contributed by atoms with Crippen LogP contribution in [0.2, 0.25) is 0 Å². The maximum Gasteiger partial charge on any atom is 0.343 e. The summed E-state index contributed by atoms with van der Waals surface area (Å²) in [5, 5.41) is 18.0. The lowest BCUT2D eigenvalue weighted by molar-refractivity contribution is -0.384. The Balaban J connectivity index is 1.45. The Morgan fingerprint density at radius 3 is 2.09 bits per heavy atom. The molecule has 45 heavy (non-hydrogen) atoms. The number of nitro benzene ring substituents is 1. The van der Waals surface area contributed by atoms with Crippen molar-refractivity contribution in [3.63, 3.8) is 0 Å². The molecule has 0 atom stereocenters. The highest BCUT2D eigenvalue weighted by Gasteiger charge is 2.20. The van der Waals surface area contributed by atoms with E-state index in [2.05, 4.69) is 15.8 Å². The van der Waals surface area contributed by atoms with Crippen molar-refractivity contribution in [3.05, 3.63) is 117 Å². The SMILES string of the molecule is COc1cc(C(=O)Oc2ccc([N+](=O)[O-])cc2/C=N/NC(=O)c2ccc(NC(=O)Cc3ccccc3)cc2)cc(OC)c1OC. The third kappa shape index (κ3) is 8.20. The Morgan fingerprint density at radius 1 is 0.822 bits per heavy atom. The van der Waals surface area contributed by atoms with Gasteiger partial charge in [0.1, 0.15) is 5.75 Å². The van der Waals surface area contributed by atoms with Crippen molar-refractivity contribution in [2.75, 3.05) is 26.6 Å². The average molecular weight is 613 g/mol. The van der Waals surface area contributed by atoms with E-state index in [4.69, 9.17) is 18.9 Å². The summed E-state index contributed by atoms with van der Waals surface area (Å²) in [6, 6.07) is 21.7. The first kappa shape index (κ1) is 31.7. The number of nitro groups is 1. The number of hydrogen-bond donors (Lipinski definition) is 2. The minimum atomic E-state index is -0.822. The minimum Gasteiger partial charge on any atom is -0.493 e. The number of hydrogen-bond acceptors (Lipinski definition) is 10. The smallest absolute Gasteiger partial charge is 0.343 e. The van der Waals surface area contributed by atoms with Gasteiger partial charge in [0.05, 0.1) is 44.5 Å². The molecule has 0 heterocycles. The highest BCUT2D eigenvalue weighted by Crippen LogP contribution is 2.38. The van der Waals surface area contributed by atoms with Crippen molar-refractivity contribution in [1.82, 2.24) is 5.43 Å². The van der Waals surface area contributed by atoms with Crippen LogP contribution >= 0.6 is 0 Å². The molecule has 0 fully saturated rings. The van der Waals surface area contributed by atoms with E-state index in [1.165, 1.54) is 51.7 Å². The summed E-state index contributed by atoms with van der Waals surface area (Å²) < 4.78 is 21.3. The number of methoxy groups -OCH3 is 3. The summed E-state index contributed by atoms with van der Waals surface area (Å²) in [4.78, 5) is 48.7. The lowest BCUT2D eigenvalue weighted by atomic mass is 10.1. The third-order valence-corrected chi connectivity index (χ3v) is 6.32. The van der Waals surface area contributed by atoms with E-state index >= 15 is 0 Å². The Kier molecular flexibility index (Phi) is 10.4. The molecular weight excluding hydrogens is 584 g/mol. The predicted molar refractivity (Wildman–Crippen MR) is 164 cm³/mol. The van der Waals surface area contributed by atoms with E-state index in [-0.39, 0.29) is 57.7 Å². The molecule has 0 saturated heterocycles. The second kappa shape index (κ2) is 14.8. The Morgan fingerprint density at radius 2 is 1.49 bits per heavy atom. The standard InChI is InChI=1S/C32H28N4O9/c1-42-27-17-22(18-28(43-2)30(27)44-3)32(39)45-26-14-13-25(36(40)41)16-23(26)19-33-35-31(38)21-9-11-24(12-10-21)34-29(37)15-20-7-5-4-6-8-20/h4-14,16-19H,15H2,1-3H3,(H,34,37)(H,35,38)/b33-19+. The van der Waals surface area contributed by atoms with Gasteiger partial charge in [0.15, 0.2) is 11.5 Å². The molecule has 0 saturated carbocycles. The predicted octanol–water partition coefficient (Wildman–Crippen LogP) is 4.78. The van der Waals surface area contributed by atoms with Crippen LogP contribution in [-0.2, 0) is 11.2 Å². The molecule has 4 aromatic rings. The maximum atomic E-state index is 13.0. The normalized spacial score (nSPS) is 10.6. The van der Waals surface area contributed by atoms with Gasteiger partial charge in [0.2, 0.25) is 11.7 Å². The highest BCUT2D eigenvalue weighted by molar-refractivity contribution is 5.97. The van der Waals surface area contributed by atoms with Crippen molar-refractivity contribution in [2.45, 2.75) is 6.42 Å². The van der Waals surface area contributed by atoms with Gasteiger partial charge in [-0.25, -0.2) is 10.2 Å². The first-order chi connectivity index (χ1) is 21.7. The summed E-state index contributed by atoms with van der Waals surface area (Å²) >= 11 is 0. The highest BCUT2D eigenvalue weighted by atomic mass is 16.6. The molecule has 2 amide bonds. The summed E-state index contributed by atoms with van der Waals surface area (Å²) in [6.07, 6.45) is 1.32. The minimum absolute atomic E-state index is 0.0433. The zero-order chi connectivity index (χ0) is 32.3. The van der Waals surface area contributed by atoms with Gasteiger partial charge in [-0.1, -0.05) is 30.3 Å². The lowest BCUT2D eigenvalue weighted by Crippen LogP contribution is -2.18. The van der Waals surface area contributed by atoms with Gasteiger partial charge >= 0.3 is 5.97 Å². The second-order valence-corrected chi connectivity index (χ2v) is 9.27. The van der Waals surface area contributed by atoms with Crippen LogP contribution in [0.5, 0.6) is 23.0 Å². The fraction of sp³-hybridized carbons (Fsp3) is 0.125. The number of nitrogens with zero attached hydrogens (tertiary/aromatic N) is 2. The van der Waals surface area contributed by atoms with Gasteiger partial charge in [0, 0.05) is 28.9 Å². The zero-order valence-corrected chi connectivity index (χ0v) is 24.4. The van der Waals surface area contributed by atoms with Crippen LogP contribution in [0.25, 0.3) is 0 Å². The van der Waals surface area contributed by atoms with Crippen LogP contribution in [0.3, 0.4) is 0 Å². The Labute approximate surface area is 257 Å². The summed E-state index contributed by atoms with van der Waals surface area (Å²) in [5.41, 5.74) is 3.75. The number of carbonyl (C=O) groups is 3. The van der Waals surface area contributed by atoms with E-state index in [0.29, 0.717) is 5.69 Å². The number of hydrazone groups is 1. The fourth-order valence-corrected chi connectivity index (χ4v) is 4.12. The molecule has 0 spiro atoms. The molecule has 13 nitrogen and oxygen atoms in total. The number of esters is 1. The van der Waals surface area contributed by atoms with Crippen LogP contribution in [0.1, 0.15) is 31.8 Å². The van der Waals surface area contributed by atoms with Crippen molar-refractivity contribution < 1.29 is 38.3 Å². The number of ether oxygens (including phenoxy) is 4. The molecular formula is C32H28N4O9. The van der Waals surface area contributed by atoms with Gasteiger partial charge in [-0.05, 0) is 48.0 Å². The van der Waals surface area contributed by atoms with Crippen LogP contribution in [-0.4, -0.2) is 50.3 Å². The molecule has 0 aliphatic carbocycles. The van der Waals surface area contributed by atoms with Crippen molar-refractivity contribution in [2.24, 2.45) is 5.10 Å². The third-order valence-electron chi connectivity index (χ3n) is 6.32. The Hall–Kier alpha value is -6.24. The van der Waals surface area contributed by atoms with Crippen LogP contribution in [0, 0.1) is 10.1 Å². The molecule has 0 aromatic heterocycles. The monoisotopic (exact) mass is 612 g/mol. The molecule has 4 rings (SSSR count). The molecule has 2 N–H and O–H groups in total. The number of carbonyl (C=O) groups excluding carboxylic acids is 3. The number of non-ortho nitro benzene ring substituents is 1. The van der Waals surface area contributed by atoms with Gasteiger partial charge in [-0.2, -0.15) is 5.10 Å². The zero-order valence-electron chi connectivity index (χ0n) is 24.4. The maximum absolute atomic E-state index is 13.0. The summed E-state index contributed by atoms with van der Waals surface area (Å²) in [5.74, 6) is -0.959. The molecule has 13 heteroatoms. The first-order valence-corrected chi connectivity index (χ1v) is 13.3. The van der Waals surface area contributed by atoms with E-state index in [0.717, 1.165) is 23.9 Å². The molecule has 0 unspecified atom stereocenters. The van der Waals surface area contributed by atoms with Crippen molar-refractivity contribution >= 4 is 35.4 Å². The topological polar surface area (TPSA) is 168 Å². The first-order valence-electron chi connectivity index (χ1n) is 13.3. The molecule has 0 aliphatic rings. The number of rotatable bonds is 12. The summed E-state index contributed by atoms with van der Waals surface area (Å²) in [7, 11) is 4.21. The molecule has 4 aromatic carbocycles. The van der Waals surface area contributed by atoms with Gasteiger partial charge < -0.3 is 24.3 Å². The van der Waals surface area contributed by atoms with Crippen LogP contribution < -0.4 is 29.7 Å². The van der Waals surface area contributed by atoms with E-state index < -0.39 is 16.8 Å². The van der Waals surface area contributed by atoms with Crippen LogP contribution in [0.15, 0.2) is 90.0 Å². The van der Waals surface area contributed by atoms with Gasteiger partial charge in [0.25, 0.3) is 11.6 Å². The quantitative estimate of drug-likeness (QED) is 0.0752. The second-order valence-electron chi connectivity index (χ2n) is 9.27. The molecule has 0 bridgehead atoms. The fourth-order valence-electron chi connectivity index (χ4n) is 4.12. The number of anilines is 1. The van der Waals surface area contributed by atoms with Gasteiger partial charge in [-0.15, -0.1) is 0 Å². The molecule has 0 radical (unpaired) electrons. The van der Waals surface area contributed by atoms with Crippen LogP contribution in [0.4, 0.5) is 11.4 Å². The lowest BCUT2D eigenvalue weighted by Gasteiger charge is -2.14. The molecule has 230 valence electrons. The number of nitrogens with one attached hydrogen (secondary N) is 2. The van der Waals surface area contributed by atoms with E-state index in [1.807, 2.05) is 30.3 Å². The summed E-state index contributed by atoms with van der Waals surface area (Å²) in [6.45, 7) is 0. The number of amides is 2. The molecule has 0 aliphatic heterocycles. The number of benzene rings is 4. The average Bonchev–Trinajstić information content (AvgIpc) is 3.05. The Bertz CT molecular complexity index is 1710. The van der Waals surface area contributed by atoms with Crippen molar-refractivity contribution in [1.29, 1.82) is 0 Å². The largest absolute Gasteiger partial charge is 0.493 e.